The van der Waals surface area contributed by atoms with Crippen LogP contribution < -0.4 is 0 Å². The Morgan fingerprint density at radius 3 is 1.45 bits per heavy atom. The largest absolute Gasteiger partial charge is 0.383 e. The summed E-state index contributed by atoms with van der Waals surface area (Å²) in [4.78, 5) is 0. The number of benzene rings is 2. The zero-order chi connectivity index (χ0) is 21.3. The summed E-state index contributed by atoms with van der Waals surface area (Å²) in [6.07, 6.45) is 13.6. The van der Waals surface area contributed by atoms with Crippen LogP contribution in [0.15, 0.2) is 36.4 Å². The molecule has 166 valence electrons. The Labute approximate surface area is 188 Å². The molecule has 31 heavy (non-hydrogen) atoms. The van der Waals surface area contributed by atoms with Crippen molar-refractivity contribution in [2.45, 2.75) is 81.5 Å². The van der Waals surface area contributed by atoms with Gasteiger partial charge >= 0.3 is 0 Å². The lowest BCUT2D eigenvalue weighted by molar-refractivity contribution is 0.0813. The highest BCUT2D eigenvalue weighted by Gasteiger charge is 2.44. The first-order valence-electron chi connectivity index (χ1n) is 12.5. The molecule has 0 saturated heterocycles. The summed E-state index contributed by atoms with van der Waals surface area (Å²) in [6.45, 7) is 1.34. The SMILES string of the molecule is COCC1(COC)c2cc(C3CCCCC3)ccc2-c2ccc(C3CCCCC3)cc21. The molecule has 0 bridgehead atoms. The topological polar surface area (TPSA) is 18.5 Å². The Bertz CT molecular complexity index is 827. The van der Waals surface area contributed by atoms with Crippen molar-refractivity contribution in [2.75, 3.05) is 27.4 Å². The molecule has 2 saturated carbocycles. The summed E-state index contributed by atoms with van der Waals surface area (Å²) in [6, 6.07) is 14.6. The maximum absolute atomic E-state index is 5.89. The molecular formula is C29H38O2. The van der Waals surface area contributed by atoms with E-state index < -0.39 is 0 Å². The van der Waals surface area contributed by atoms with Crippen LogP contribution >= 0.6 is 0 Å². The van der Waals surface area contributed by atoms with E-state index in [0.29, 0.717) is 25.0 Å². The van der Waals surface area contributed by atoms with Crippen molar-refractivity contribution in [3.63, 3.8) is 0 Å². The second-order valence-electron chi connectivity index (χ2n) is 10.2. The van der Waals surface area contributed by atoms with Crippen LogP contribution in [0.1, 0.15) is 98.3 Å². The van der Waals surface area contributed by atoms with Gasteiger partial charge in [-0.1, -0.05) is 74.9 Å². The number of fused-ring (bicyclic) bond motifs is 3. The summed E-state index contributed by atoms with van der Waals surface area (Å²) in [5, 5.41) is 0. The highest BCUT2D eigenvalue weighted by atomic mass is 16.5. The molecule has 0 N–H and O–H groups in total. The number of ether oxygens (including phenoxy) is 2. The van der Waals surface area contributed by atoms with E-state index >= 15 is 0 Å². The number of hydrogen-bond donors (Lipinski definition) is 0. The Hall–Kier alpha value is -1.64. The van der Waals surface area contributed by atoms with Crippen molar-refractivity contribution in [3.05, 3.63) is 58.7 Å². The minimum atomic E-state index is -0.205. The number of methoxy groups -OCH3 is 2. The van der Waals surface area contributed by atoms with E-state index in [9.17, 15) is 0 Å². The van der Waals surface area contributed by atoms with E-state index in [2.05, 4.69) is 36.4 Å². The van der Waals surface area contributed by atoms with Crippen molar-refractivity contribution in [1.82, 2.24) is 0 Å². The molecule has 0 aromatic heterocycles. The van der Waals surface area contributed by atoms with Crippen LogP contribution in [0.3, 0.4) is 0 Å². The molecule has 0 aliphatic heterocycles. The Balaban J connectivity index is 1.61. The molecule has 3 aliphatic rings. The highest BCUT2D eigenvalue weighted by Crippen LogP contribution is 2.52. The summed E-state index contributed by atoms with van der Waals surface area (Å²) >= 11 is 0. The molecule has 0 unspecified atom stereocenters. The van der Waals surface area contributed by atoms with E-state index in [4.69, 9.17) is 9.47 Å². The van der Waals surface area contributed by atoms with Gasteiger partial charge in [0.05, 0.1) is 18.6 Å². The molecule has 2 nitrogen and oxygen atoms in total. The van der Waals surface area contributed by atoms with Gasteiger partial charge in [-0.2, -0.15) is 0 Å². The van der Waals surface area contributed by atoms with Gasteiger partial charge in [0.15, 0.2) is 0 Å². The molecule has 0 heterocycles. The summed E-state index contributed by atoms with van der Waals surface area (Å²) in [5.74, 6) is 1.42. The van der Waals surface area contributed by atoms with Gasteiger partial charge in [0, 0.05) is 14.2 Å². The zero-order valence-electron chi connectivity index (χ0n) is 19.4. The summed E-state index contributed by atoms with van der Waals surface area (Å²) in [7, 11) is 3.68. The fourth-order valence-corrected chi connectivity index (χ4v) is 6.76. The van der Waals surface area contributed by atoms with Gasteiger partial charge in [-0.05, 0) is 70.9 Å². The van der Waals surface area contributed by atoms with Crippen molar-refractivity contribution in [1.29, 1.82) is 0 Å². The van der Waals surface area contributed by atoms with Crippen molar-refractivity contribution in [3.8, 4) is 11.1 Å². The van der Waals surface area contributed by atoms with E-state index in [1.54, 1.807) is 0 Å². The molecule has 0 spiro atoms. The highest BCUT2D eigenvalue weighted by molar-refractivity contribution is 5.82. The van der Waals surface area contributed by atoms with Crippen molar-refractivity contribution in [2.24, 2.45) is 0 Å². The average Bonchev–Trinajstić information content (AvgIpc) is 3.09. The minimum Gasteiger partial charge on any atom is -0.383 e. The molecule has 0 atom stereocenters. The van der Waals surface area contributed by atoms with Crippen molar-refractivity contribution < 1.29 is 9.47 Å². The fraction of sp³-hybridized carbons (Fsp3) is 0.586. The van der Waals surface area contributed by atoms with E-state index in [-0.39, 0.29) is 5.41 Å². The zero-order valence-corrected chi connectivity index (χ0v) is 19.4. The lowest BCUT2D eigenvalue weighted by Crippen LogP contribution is -2.36. The Morgan fingerprint density at radius 1 is 0.645 bits per heavy atom. The summed E-state index contributed by atoms with van der Waals surface area (Å²) < 4.78 is 11.8. The van der Waals surface area contributed by atoms with Crippen LogP contribution in [0, 0.1) is 0 Å². The average molecular weight is 419 g/mol. The molecule has 2 heteroatoms. The number of rotatable bonds is 6. The first-order valence-corrected chi connectivity index (χ1v) is 12.5. The van der Waals surface area contributed by atoms with Gasteiger partial charge in [0.1, 0.15) is 0 Å². The quantitative estimate of drug-likeness (QED) is 0.488. The molecule has 2 aromatic carbocycles. The van der Waals surface area contributed by atoms with Gasteiger partial charge in [-0.3, -0.25) is 0 Å². The third-order valence-corrected chi connectivity index (χ3v) is 8.34. The molecule has 0 amide bonds. The van der Waals surface area contributed by atoms with E-state index in [1.807, 2.05) is 14.2 Å². The van der Waals surface area contributed by atoms with Crippen LogP contribution in [0.4, 0.5) is 0 Å². The standard InChI is InChI=1S/C29H38O2/c1-30-19-29(20-31-2)27-17-23(21-9-5-3-6-10-21)13-15-25(27)26-16-14-24(18-28(26)29)22-11-7-4-8-12-22/h13-18,21-22H,3-12,19-20H2,1-2H3. The predicted octanol–water partition coefficient (Wildman–Crippen LogP) is 7.34. The minimum absolute atomic E-state index is 0.205. The lowest BCUT2D eigenvalue weighted by atomic mass is 9.76. The third kappa shape index (κ3) is 3.76. The van der Waals surface area contributed by atoms with Gasteiger partial charge in [0.25, 0.3) is 0 Å². The maximum atomic E-state index is 5.89. The van der Waals surface area contributed by atoms with E-state index in [1.165, 1.54) is 97.6 Å². The third-order valence-electron chi connectivity index (χ3n) is 8.34. The molecule has 0 radical (unpaired) electrons. The monoisotopic (exact) mass is 418 g/mol. The smallest absolute Gasteiger partial charge is 0.0681 e. The molecule has 2 aromatic rings. The van der Waals surface area contributed by atoms with E-state index in [0.717, 1.165) is 0 Å². The van der Waals surface area contributed by atoms with Crippen LogP contribution in [0.25, 0.3) is 11.1 Å². The van der Waals surface area contributed by atoms with Gasteiger partial charge in [-0.25, -0.2) is 0 Å². The normalized spacial score (nSPS) is 21.1. The molecule has 3 aliphatic carbocycles. The molecular weight excluding hydrogens is 380 g/mol. The van der Waals surface area contributed by atoms with Crippen LogP contribution in [0.5, 0.6) is 0 Å². The second-order valence-corrected chi connectivity index (χ2v) is 10.2. The van der Waals surface area contributed by atoms with Crippen LogP contribution in [-0.4, -0.2) is 27.4 Å². The van der Waals surface area contributed by atoms with Gasteiger partial charge < -0.3 is 9.47 Å². The van der Waals surface area contributed by atoms with Crippen LogP contribution in [0.2, 0.25) is 0 Å². The second kappa shape index (κ2) is 9.08. The fourth-order valence-electron chi connectivity index (χ4n) is 6.76. The first-order chi connectivity index (χ1) is 15.3. The number of hydrogen-bond acceptors (Lipinski definition) is 2. The predicted molar refractivity (Wildman–Crippen MR) is 128 cm³/mol. The first kappa shape index (κ1) is 21.2. The molecule has 5 rings (SSSR count). The van der Waals surface area contributed by atoms with Gasteiger partial charge in [0.2, 0.25) is 0 Å². The Kier molecular flexibility index (Phi) is 6.21. The van der Waals surface area contributed by atoms with Gasteiger partial charge in [-0.15, -0.1) is 0 Å². The van der Waals surface area contributed by atoms with Crippen molar-refractivity contribution >= 4 is 0 Å². The van der Waals surface area contributed by atoms with Crippen LogP contribution in [-0.2, 0) is 14.9 Å². The lowest BCUT2D eigenvalue weighted by Gasteiger charge is -2.32. The molecule has 2 fully saturated rings. The summed E-state index contributed by atoms with van der Waals surface area (Å²) in [5.41, 5.74) is 8.47. The maximum Gasteiger partial charge on any atom is 0.0681 e. The Morgan fingerprint density at radius 2 is 1.06 bits per heavy atom.